The Morgan fingerprint density at radius 3 is 2.50 bits per heavy atom. The van der Waals surface area contributed by atoms with Crippen LogP contribution in [0.15, 0.2) is 36.4 Å². The van der Waals surface area contributed by atoms with E-state index in [0.29, 0.717) is 13.0 Å². The third-order valence-electron chi connectivity index (χ3n) is 5.80. The number of rotatable bonds is 4. The summed E-state index contributed by atoms with van der Waals surface area (Å²) in [4.78, 5) is 27.8. The minimum Gasteiger partial charge on any atom is -0.462 e. The molecule has 34 heavy (non-hydrogen) atoms. The lowest BCUT2D eigenvalue weighted by atomic mass is 10.0. The summed E-state index contributed by atoms with van der Waals surface area (Å²) in [6.45, 7) is 2.02. The molecule has 2 atom stereocenters. The van der Waals surface area contributed by atoms with Crippen molar-refractivity contribution in [2.24, 2.45) is 0 Å². The van der Waals surface area contributed by atoms with Crippen LogP contribution in [-0.2, 0) is 15.7 Å². The summed E-state index contributed by atoms with van der Waals surface area (Å²) in [7, 11) is 0. The van der Waals surface area contributed by atoms with Crippen molar-refractivity contribution in [3.63, 3.8) is 0 Å². The number of ether oxygens (including phenoxy) is 2. The second kappa shape index (κ2) is 8.95. The number of nitrogens with zero attached hydrogens (tertiary/aromatic N) is 3. The Bertz CT molecular complexity index is 1180. The lowest BCUT2D eigenvalue weighted by Crippen LogP contribution is -2.45. The molecule has 2 heterocycles. The summed E-state index contributed by atoms with van der Waals surface area (Å²) >= 11 is 0. The molecule has 0 N–H and O–H groups in total. The first-order valence-electron chi connectivity index (χ1n) is 10.5. The van der Waals surface area contributed by atoms with Crippen LogP contribution in [0.2, 0.25) is 0 Å². The van der Waals surface area contributed by atoms with E-state index in [1.807, 2.05) is 0 Å². The van der Waals surface area contributed by atoms with Gasteiger partial charge in [-0.1, -0.05) is 0 Å². The van der Waals surface area contributed by atoms with E-state index in [2.05, 4.69) is 0 Å². The Kier molecular flexibility index (Phi) is 6.18. The smallest absolute Gasteiger partial charge is 0.417 e. The Morgan fingerprint density at radius 1 is 1.18 bits per heavy atom. The summed E-state index contributed by atoms with van der Waals surface area (Å²) in [5.74, 6) is -1.73. The molecule has 2 aromatic rings. The molecule has 178 valence electrons. The lowest BCUT2D eigenvalue weighted by Gasteiger charge is -2.32. The molecule has 2 saturated heterocycles. The van der Waals surface area contributed by atoms with E-state index in [9.17, 15) is 27.2 Å². The predicted molar refractivity (Wildman–Crippen MR) is 112 cm³/mol. The standard InChI is InChI=1S/C23H19F4N3O4/c1-2-34-21(31)16-6-5-15(10-18(16)24)29-19-7-8-33-12-20(19)30(22(29)32)14-4-3-13(11-28)17(9-14)23(25,26)27/h3-6,9-10,19-20H,2,7-8,12H2,1H3. The predicted octanol–water partition coefficient (Wildman–Crippen LogP) is 4.50. The van der Waals surface area contributed by atoms with Crippen LogP contribution in [0.25, 0.3) is 0 Å². The first kappa shape index (κ1) is 23.5. The normalized spacial score (nSPS) is 20.2. The molecule has 0 radical (unpaired) electrons. The van der Waals surface area contributed by atoms with E-state index in [0.717, 1.165) is 18.2 Å². The minimum absolute atomic E-state index is 0.0528. The number of anilines is 2. The van der Waals surface area contributed by atoms with Crippen molar-refractivity contribution in [3.05, 3.63) is 58.9 Å². The summed E-state index contributed by atoms with van der Waals surface area (Å²) in [5, 5.41) is 9.06. The molecule has 4 rings (SSSR count). The quantitative estimate of drug-likeness (QED) is 0.479. The van der Waals surface area contributed by atoms with Crippen molar-refractivity contribution in [2.45, 2.75) is 31.6 Å². The topological polar surface area (TPSA) is 82.9 Å². The fraction of sp³-hybridized carbons (Fsp3) is 0.348. The molecule has 11 heteroatoms. The summed E-state index contributed by atoms with van der Waals surface area (Å²) in [6, 6.07) is 6.38. The second-order valence-electron chi connectivity index (χ2n) is 7.74. The van der Waals surface area contributed by atoms with Gasteiger partial charge in [0.2, 0.25) is 0 Å². The van der Waals surface area contributed by atoms with Crippen LogP contribution < -0.4 is 9.80 Å². The van der Waals surface area contributed by atoms with E-state index in [1.165, 1.54) is 34.1 Å². The molecule has 7 nitrogen and oxygen atoms in total. The molecule has 0 bridgehead atoms. The molecule has 0 aromatic heterocycles. The number of esters is 1. The number of hydrogen-bond acceptors (Lipinski definition) is 5. The zero-order valence-corrected chi connectivity index (χ0v) is 17.9. The van der Waals surface area contributed by atoms with Gasteiger partial charge in [-0.05, 0) is 49.7 Å². The number of urea groups is 1. The van der Waals surface area contributed by atoms with Crippen molar-refractivity contribution in [1.29, 1.82) is 5.26 Å². The summed E-state index contributed by atoms with van der Waals surface area (Å²) < 4.78 is 65.5. The molecule has 0 spiro atoms. The van der Waals surface area contributed by atoms with Crippen LogP contribution in [0.3, 0.4) is 0 Å². The molecular weight excluding hydrogens is 458 g/mol. The maximum absolute atomic E-state index is 14.7. The summed E-state index contributed by atoms with van der Waals surface area (Å²) in [5.41, 5.74) is -1.91. The van der Waals surface area contributed by atoms with Gasteiger partial charge in [0.15, 0.2) is 0 Å². The number of alkyl halides is 3. The maximum Gasteiger partial charge on any atom is 0.417 e. The van der Waals surface area contributed by atoms with Crippen LogP contribution in [0.4, 0.5) is 33.7 Å². The van der Waals surface area contributed by atoms with Crippen LogP contribution in [0.5, 0.6) is 0 Å². The first-order chi connectivity index (χ1) is 16.2. The first-order valence-corrected chi connectivity index (χ1v) is 10.5. The van der Waals surface area contributed by atoms with E-state index in [4.69, 9.17) is 14.7 Å². The van der Waals surface area contributed by atoms with Gasteiger partial charge in [-0.15, -0.1) is 0 Å². The van der Waals surface area contributed by atoms with Gasteiger partial charge >= 0.3 is 18.2 Å². The third kappa shape index (κ3) is 4.05. The van der Waals surface area contributed by atoms with E-state index in [1.54, 1.807) is 6.92 Å². The number of carbonyl (C=O) groups is 2. The van der Waals surface area contributed by atoms with Crippen LogP contribution in [0, 0.1) is 17.1 Å². The zero-order chi connectivity index (χ0) is 24.6. The number of hydrogen-bond donors (Lipinski definition) is 0. The van der Waals surface area contributed by atoms with Crippen molar-refractivity contribution in [1.82, 2.24) is 0 Å². The monoisotopic (exact) mass is 477 g/mol. The Hall–Kier alpha value is -3.65. The maximum atomic E-state index is 14.7. The van der Waals surface area contributed by atoms with E-state index < -0.39 is 47.2 Å². The van der Waals surface area contributed by atoms with Gasteiger partial charge in [-0.25, -0.2) is 14.0 Å². The van der Waals surface area contributed by atoms with Crippen molar-refractivity contribution in [3.8, 4) is 6.07 Å². The Balaban J connectivity index is 1.75. The highest BCUT2D eigenvalue weighted by atomic mass is 19.4. The largest absolute Gasteiger partial charge is 0.462 e. The number of halogens is 4. The average Bonchev–Trinajstić information content (AvgIpc) is 3.09. The Morgan fingerprint density at radius 2 is 1.85 bits per heavy atom. The van der Waals surface area contributed by atoms with Crippen LogP contribution >= 0.6 is 0 Å². The van der Waals surface area contributed by atoms with Gasteiger partial charge in [0.05, 0.1) is 48.1 Å². The van der Waals surface area contributed by atoms with Gasteiger partial charge in [0.1, 0.15) is 5.82 Å². The van der Waals surface area contributed by atoms with E-state index in [-0.39, 0.29) is 30.2 Å². The van der Waals surface area contributed by atoms with Crippen molar-refractivity contribution in [2.75, 3.05) is 29.6 Å². The van der Waals surface area contributed by atoms with Gasteiger partial charge in [-0.3, -0.25) is 9.80 Å². The second-order valence-corrected chi connectivity index (χ2v) is 7.74. The number of fused-ring (bicyclic) bond motifs is 1. The van der Waals surface area contributed by atoms with Crippen molar-refractivity contribution < 1.29 is 36.6 Å². The molecule has 2 unspecified atom stereocenters. The average molecular weight is 477 g/mol. The molecule has 2 aliphatic rings. The third-order valence-corrected chi connectivity index (χ3v) is 5.80. The van der Waals surface area contributed by atoms with E-state index >= 15 is 0 Å². The zero-order valence-electron chi connectivity index (χ0n) is 17.9. The minimum atomic E-state index is -4.79. The fourth-order valence-corrected chi connectivity index (χ4v) is 4.31. The highest BCUT2D eigenvalue weighted by molar-refractivity contribution is 6.08. The molecule has 2 aliphatic heterocycles. The molecular formula is C23H19F4N3O4. The van der Waals surface area contributed by atoms with Gasteiger partial charge in [0, 0.05) is 18.0 Å². The molecule has 2 amide bonds. The molecule has 2 aromatic carbocycles. The number of benzene rings is 2. The number of amides is 2. The lowest BCUT2D eigenvalue weighted by molar-refractivity contribution is -0.137. The SMILES string of the molecule is CCOC(=O)c1ccc(N2C(=O)N(c3ccc(C#N)c(C(F)(F)F)c3)C3COCCC32)cc1F. The van der Waals surface area contributed by atoms with Crippen LogP contribution in [0.1, 0.15) is 34.8 Å². The van der Waals surface area contributed by atoms with Gasteiger partial charge in [-0.2, -0.15) is 18.4 Å². The fourth-order valence-electron chi connectivity index (χ4n) is 4.31. The van der Waals surface area contributed by atoms with Crippen molar-refractivity contribution >= 4 is 23.4 Å². The summed E-state index contributed by atoms with van der Waals surface area (Å²) in [6.07, 6.45) is -4.42. The highest BCUT2D eigenvalue weighted by Crippen LogP contribution is 2.40. The number of carbonyl (C=O) groups excluding carboxylic acids is 2. The molecule has 0 saturated carbocycles. The van der Waals surface area contributed by atoms with Crippen LogP contribution in [-0.4, -0.2) is 43.9 Å². The molecule has 0 aliphatic carbocycles. The van der Waals surface area contributed by atoms with Gasteiger partial charge < -0.3 is 9.47 Å². The Labute approximate surface area is 192 Å². The molecule has 2 fully saturated rings. The highest BCUT2D eigenvalue weighted by Gasteiger charge is 2.49. The number of nitriles is 1. The van der Waals surface area contributed by atoms with Gasteiger partial charge in [0.25, 0.3) is 0 Å².